The quantitative estimate of drug-likeness (QED) is 0.491. The molecular weight excluding hydrogens is 404 g/mol. The lowest BCUT2D eigenvalue weighted by molar-refractivity contribution is 0.0783. The van der Waals surface area contributed by atoms with Crippen molar-refractivity contribution in [3.05, 3.63) is 59.3 Å². The van der Waals surface area contributed by atoms with Gasteiger partial charge in [-0.1, -0.05) is 18.7 Å². The topological polar surface area (TPSA) is 119 Å². The lowest BCUT2D eigenvalue weighted by Crippen LogP contribution is -2.28. The minimum absolute atomic E-state index is 0.0650. The molecule has 3 N–H and O–H groups in total. The van der Waals surface area contributed by atoms with Gasteiger partial charge in [0.2, 0.25) is 0 Å². The average Bonchev–Trinajstić information content (AvgIpc) is 3.53. The summed E-state index contributed by atoms with van der Waals surface area (Å²) in [6, 6.07) is 11.4. The highest BCUT2D eigenvalue weighted by molar-refractivity contribution is 6.07. The molecule has 8 heteroatoms. The van der Waals surface area contributed by atoms with Crippen LogP contribution in [0.5, 0.6) is 0 Å². The van der Waals surface area contributed by atoms with Crippen LogP contribution in [0.25, 0.3) is 22.0 Å². The lowest BCUT2D eigenvalue weighted by Gasteiger charge is -2.14. The van der Waals surface area contributed by atoms with Crippen molar-refractivity contribution in [2.75, 3.05) is 25.4 Å². The highest BCUT2D eigenvalue weighted by atomic mass is 16.2. The molecule has 2 aliphatic heterocycles. The molecule has 1 saturated heterocycles. The summed E-state index contributed by atoms with van der Waals surface area (Å²) in [7, 11) is 0. The lowest BCUT2D eigenvalue weighted by atomic mass is 9.94. The van der Waals surface area contributed by atoms with E-state index in [9.17, 15) is 9.59 Å². The van der Waals surface area contributed by atoms with Crippen LogP contribution in [0.2, 0.25) is 0 Å². The van der Waals surface area contributed by atoms with Crippen LogP contribution >= 0.6 is 0 Å². The number of fused-ring (bicyclic) bond motifs is 2. The molecule has 2 aromatic carbocycles. The molecule has 8 nitrogen and oxygen atoms in total. The number of nitrogens with zero attached hydrogens (tertiary/aromatic N) is 4. The molecule has 0 atom stereocenters. The van der Waals surface area contributed by atoms with E-state index in [1.807, 2.05) is 35.2 Å². The van der Waals surface area contributed by atoms with Crippen LogP contribution < -0.4 is 5.73 Å². The van der Waals surface area contributed by atoms with E-state index < -0.39 is 0 Å². The molecule has 0 unspecified atom stereocenters. The van der Waals surface area contributed by atoms with Gasteiger partial charge in [-0.15, -0.1) is 0 Å². The summed E-state index contributed by atoms with van der Waals surface area (Å²) in [5.74, 6) is -0.269. The Labute approximate surface area is 184 Å². The number of aromatic amines is 1. The second kappa shape index (κ2) is 7.54. The van der Waals surface area contributed by atoms with Gasteiger partial charge in [-0.05, 0) is 47.7 Å². The Kier molecular flexibility index (Phi) is 4.67. The predicted octanol–water partition coefficient (Wildman–Crippen LogP) is 3.08. The fourth-order valence-corrected chi connectivity index (χ4v) is 4.58. The molecule has 2 aliphatic rings. The zero-order valence-corrected chi connectivity index (χ0v) is 17.5. The maximum atomic E-state index is 13.0. The fourth-order valence-electron chi connectivity index (χ4n) is 4.58. The highest BCUT2D eigenvalue weighted by Gasteiger charge is 2.32. The van der Waals surface area contributed by atoms with E-state index in [0.717, 1.165) is 53.5 Å². The number of carbonyl (C=O) groups is 2. The van der Waals surface area contributed by atoms with Crippen LogP contribution in [0.4, 0.5) is 5.69 Å². The van der Waals surface area contributed by atoms with Crippen LogP contribution in [-0.4, -0.2) is 51.4 Å². The van der Waals surface area contributed by atoms with Gasteiger partial charge in [0.15, 0.2) is 5.69 Å². The number of nitrogens with two attached hydrogens (primary N) is 1. The van der Waals surface area contributed by atoms with Gasteiger partial charge in [0.05, 0.1) is 23.7 Å². The van der Waals surface area contributed by atoms with Crippen LogP contribution in [0.3, 0.4) is 0 Å². The number of likely N-dealkylation sites (tertiary alicyclic amines) is 1. The first-order valence-electron chi connectivity index (χ1n) is 10.5. The number of aromatic nitrogens is 2. The number of nitriles is 1. The number of hydrogen-bond donors (Lipinski definition) is 2. The van der Waals surface area contributed by atoms with Gasteiger partial charge in [-0.3, -0.25) is 14.7 Å². The fraction of sp³-hybridized carbons (Fsp3) is 0.250. The summed E-state index contributed by atoms with van der Waals surface area (Å²) in [5, 5.41) is 17.1. The first kappa shape index (κ1) is 19.8. The largest absolute Gasteiger partial charge is 0.398 e. The SMILES string of the molecule is C=C(C#N)CN1Cc2c(-c3ccc4[nH]nc(C(=O)N5CCCC5)c4c3)ccc(N)c2C1=O. The maximum Gasteiger partial charge on any atom is 0.274 e. The van der Waals surface area contributed by atoms with Crippen LogP contribution in [0.1, 0.15) is 39.3 Å². The van der Waals surface area contributed by atoms with Crippen molar-refractivity contribution in [3.8, 4) is 17.2 Å². The number of anilines is 1. The molecule has 0 spiro atoms. The molecule has 5 rings (SSSR count). The first-order chi connectivity index (χ1) is 15.5. The number of carbonyl (C=O) groups excluding carboxylic acids is 2. The average molecular weight is 426 g/mol. The zero-order chi connectivity index (χ0) is 22.4. The Bertz CT molecular complexity index is 1330. The van der Waals surface area contributed by atoms with Crippen LogP contribution in [0.15, 0.2) is 42.5 Å². The van der Waals surface area contributed by atoms with Crippen molar-refractivity contribution in [1.82, 2.24) is 20.0 Å². The molecular formula is C24H22N6O2. The number of benzene rings is 2. The number of nitrogens with one attached hydrogen (secondary N) is 1. The Morgan fingerprint density at radius 3 is 2.78 bits per heavy atom. The minimum atomic E-state index is -0.204. The number of H-pyrrole nitrogens is 1. The van der Waals surface area contributed by atoms with E-state index in [1.54, 1.807) is 11.0 Å². The van der Waals surface area contributed by atoms with Crippen molar-refractivity contribution < 1.29 is 9.59 Å². The molecule has 1 aromatic heterocycles. The van der Waals surface area contributed by atoms with Crippen LogP contribution in [0, 0.1) is 11.3 Å². The molecule has 0 bridgehead atoms. The van der Waals surface area contributed by atoms with Crippen LogP contribution in [-0.2, 0) is 6.54 Å². The molecule has 1 fully saturated rings. The van der Waals surface area contributed by atoms with Gasteiger partial charge in [0.1, 0.15) is 0 Å². The van der Waals surface area contributed by atoms with Gasteiger partial charge < -0.3 is 15.5 Å². The highest BCUT2D eigenvalue weighted by Crippen LogP contribution is 2.37. The Hall–Kier alpha value is -4.12. The number of rotatable bonds is 4. The third kappa shape index (κ3) is 3.10. The summed E-state index contributed by atoms with van der Waals surface area (Å²) in [6.07, 6.45) is 2.03. The number of amides is 2. The Morgan fingerprint density at radius 2 is 2.03 bits per heavy atom. The smallest absolute Gasteiger partial charge is 0.274 e. The predicted molar refractivity (Wildman–Crippen MR) is 121 cm³/mol. The molecule has 0 saturated carbocycles. The van der Waals surface area contributed by atoms with E-state index in [1.165, 1.54) is 0 Å². The second-order valence-electron chi connectivity index (χ2n) is 8.26. The minimum Gasteiger partial charge on any atom is -0.398 e. The van der Waals surface area contributed by atoms with Gasteiger partial charge in [-0.25, -0.2) is 0 Å². The van der Waals surface area contributed by atoms with E-state index in [0.29, 0.717) is 29.1 Å². The molecule has 3 heterocycles. The van der Waals surface area contributed by atoms with Gasteiger partial charge >= 0.3 is 0 Å². The van der Waals surface area contributed by atoms with E-state index in [-0.39, 0.29) is 18.4 Å². The molecule has 32 heavy (non-hydrogen) atoms. The number of hydrogen-bond acceptors (Lipinski definition) is 5. The summed E-state index contributed by atoms with van der Waals surface area (Å²) in [5.41, 5.74) is 11.1. The molecule has 2 amide bonds. The van der Waals surface area contributed by atoms with E-state index in [2.05, 4.69) is 16.8 Å². The first-order valence-corrected chi connectivity index (χ1v) is 10.5. The summed E-state index contributed by atoms with van der Waals surface area (Å²) < 4.78 is 0. The van der Waals surface area contributed by atoms with Crippen molar-refractivity contribution in [1.29, 1.82) is 5.26 Å². The van der Waals surface area contributed by atoms with E-state index in [4.69, 9.17) is 11.0 Å². The Morgan fingerprint density at radius 1 is 1.25 bits per heavy atom. The van der Waals surface area contributed by atoms with Crippen molar-refractivity contribution >= 4 is 28.4 Å². The summed E-state index contributed by atoms with van der Waals surface area (Å²) in [4.78, 5) is 29.3. The van der Waals surface area contributed by atoms with Gasteiger partial charge in [-0.2, -0.15) is 10.4 Å². The second-order valence-corrected chi connectivity index (χ2v) is 8.26. The molecule has 160 valence electrons. The molecule has 0 radical (unpaired) electrons. The molecule has 3 aromatic rings. The normalized spacial score (nSPS) is 15.3. The standard InChI is InChI=1S/C24H22N6O2/c1-14(11-25)12-30-13-18-16(5-6-19(26)21(18)23(30)31)15-4-7-20-17(10-15)22(28-27-20)24(32)29-8-2-3-9-29/h4-7,10H,1-3,8-9,12-13,26H2,(H,27,28). The van der Waals surface area contributed by atoms with Gasteiger partial charge in [0.25, 0.3) is 11.8 Å². The zero-order valence-electron chi connectivity index (χ0n) is 17.5. The van der Waals surface area contributed by atoms with Crippen molar-refractivity contribution in [2.45, 2.75) is 19.4 Å². The Balaban J connectivity index is 1.57. The molecule has 0 aliphatic carbocycles. The van der Waals surface area contributed by atoms with Crippen molar-refractivity contribution in [2.24, 2.45) is 0 Å². The maximum absolute atomic E-state index is 13.0. The van der Waals surface area contributed by atoms with Gasteiger partial charge in [0, 0.05) is 36.3 Å². The van der Waals surface area contributed by atoms with Crippen molar-refractivity contribution in [3.63, 3.8) is 0 Å². The summed E-state index contributed by atoms with van der Waals surface area (Å²) in [6.45, 7) is 5.71. The number of nitrogen functional groups attached to an aromatic ring is 1. The third-order valence-corrected chi connectivity index (χ3v) is 6.20. The monoisotopic (exact) mass is 426 g/mol. The summed E-state index contributed by atoms with van der Waals surface area (Å²) >= 11 is 0. The third-order valence-electron chi connectivity index (χ3n) is 6.20. The van der Waals surface area contributed by atoms with E-state index >= 15 is 0 Å².